The highest BCUT2D eigenvalue weighted by Crippen LogP contribution is 2.35. The smallest absolute Gasteiger partial charge is 0.232 e. The van der Waals surface area contributed by atoms with E-state index in [9.17, 15) is 9.59 Å². The lowest BCUT2D eigenvalue weighted by Crippen LogP contribution is -2.38. The van der Waals surface area contributed by atoms with Crippen molar-refractivity contribution in [2.45, 2.75) is 25.9 Å². The van der Waals surface area contributed by atoms with Crippen molar-refractivity contribution in [2.75, 3.05) is 29.4 Å². The van der Waals surface area contributed by atoms with Gasteiger partial charge in [0.25, 0.3) is 0 Å². The lowest BCUT2D eigenvalue weighted by atomic mass is 10.4. The molecule has 1 aromatic rings. The van der Waals surface area contributed by atoms with Crippen LogP contribution in [0.5, 0.6) is 0 Å². The van der Waals surface area contributed by atoms with Crippen molar-refractivity contribution in [3.63, 3.8) is 0 Å². The van der Waals surface area contributed by atoms with Crippen LogP contribution < -0.4 is 15.7 Å². The lowest BCUT2D eigenvalue weighted by Gasteiger charge is -2.28. The molecule has 2 heterocycles. The van der Waals surface area contributed by atoms with Crippen LogP contribution in [0.25, 0.3) is 0 Å². The number of hydrogen-bond donors (Lipinski definition) is 2. The molecule has 0 radical (unpaired) electrons. The third-order valence-corrected chi connectivity index (χ3v) is 3.17. The summed E-state index contributed by atoms with van der Waals surface area (Å²) in [5.41, 5.74) is 0.105. The molecular formula is C12H16ClN5O5. The Morgan fingerprint density at radius 2 is 2.04 bits per heavy atom. The van der Waals surface area contributed by atoms with Crippen molar-refractivity contribution < 1.29 is 23.9 Å². The highest BCUT2D eigenvalue weighted by atomic mass is 35.5. The number of aromatic nitrogens is 2. The second kappa shape index (κ2) is 7.04. The third-order valence-electron chi connectivity index (χ3n) is 2.90. The SMILES string of the molecule is CON(c1nc(NC=O)nc(Cl)c1NC=O)[C@H]1COC(C)(C)O1. The summed E-state index contributed by atoms with van der Waals surface area (Å²) in [5.74, 6) is -0.757. The first-order valence-corrected chi connectivity index (χ1v) is 6.92. The van der Waals surface area contributed by atoms with Crippen molar-refractivity contribution in [3.8, 4) is 0 Å². The van der Waals surface area contributed by atoms with Gasteiger partial charge >= 0.3 is 0 Å². The fraction of sp³-hybridized carbons (Fsp3) is 0.500. The van der Waals surface area contributed by atoms with E-state index in [0.29, 0.717) is 12.8 Å². The number of hydrogen-bond acceptors (Lipinski definition) is 8. The Morgan fingerprint density at radius 1 is 1.35 bits per heavy atom. The molecule has 1 aliphatic heterocycles. The number of nitrogens with zero attached hydrogens (tertiary/aromatic N) is 3. The Kier molecular flexibility index (Phi) is 5.31. The molecule has 2 amide bonds. The molecule has 23 heavy (non-hydrogen) atoms. The maximum absolute atomic E-state index is 10.8. The van der Waals surface area contributed by atoms with E-state index in [-0.39, 0.29) is 29.2 Å². The summed E-state index contributed by atoms with van der Waals surface area (Å²) >= 11 is 6.03. The minimum absolute atomic E-state index is 0.0586. The summed E-state index contributed by atoms with van der Waals surface area (Å²) in [7, 11) is 1.39. The zero-order valence-electron chi connectivity index (χ0n) is 12.7. The first-order chi connectivity index (χ1) is 10.9. The Balaban J connectivity index is 2.44. The predicted molar refractivity (Wildman–Crippen MR) is 80.8 cm³/mol. The van der Waals surface area contributed by atoms with Crippen LogP contribution in [0.4, 0.5) is 17.5 Å². The number of anilines is 3. The largest absolute Gasteiger partial charge is 0.346 e. The molecule has 0 aromatic carbocycles. The van der Waals surface area contributed by atoms with E-state index in [4.69, 9.17) is 25.9 Å². The van der Waals surface area contributed by atoms with E-state index in [1.165, 1.54) is 12.2 Å². The lowest BCUT2D eigenvalue weighted by molar-refractivity contribution is -0.147. The molecule has 0 spiro atoms. The molecule has 126 valence electrons. The minimum Gasteiger partial charge on any atom is -0.346 e. The van der Waals surface area contributed by atoms with Crippen molar-refractivity contribution >= 4 is 41.9 Å². The van der Waals surface area contributed by atoms with Gasteiger partial charge in [-0.25, -0.2) is 5.06 Å². The molecule has 0 saturated carbocycles. The van der Waals surface area contributed by atoms with E-state index in [1.807, 2.05) is 0 Å². The second-order valence-electron chi connectivity index (χ2n) is 4.85. The zero-order chi connectivity index (χ0) is 17.0. The monoisotopic (exact) mass is 345 g/mol. The van der Waals surface area contributed by atoms with Gasteiger partial charge in [0, 0.05) is 0 Å². The second-order valence-corrected chi connectivity index (χ2v) is 5.21. The van der Waals surface area contributed by atoms with Crippen LogP contribution in [0.2, 0.25) is 5.15 Å². The molecule has 1 saturated heterocycles. The van der Waals surface area contributed by atoms with Gasteiger partial charge in [-0.05, 0) is 13.8 Å². The highest BCUT2D eigenvalue weighted by molar-refractivity contribution is 6.33. The van der Waals surface area contributed by atoms with Gasteiger partial charge in [-0.2, -0.15) is 9.97 Å². The minimum atomic E-state index is -0.805. The predicted octanol–water partition coefficient (Wildman–Crippen LogP) is 0.743. The van der Waals surface area contributed by atoms with E-state index < -0.39 is 12.0 Å². The van der Waals surface area contributed by atoms with Gasteiger partial charge in [-0.3, -0.25) is 19.7 Å². The summed E-state index contributed by atoms with van der Waals surface area (Å²) < 4.78 is 11.2. The van der Waals surface area contributed by atoms with Gasteiger partial charge in [0.2, 0.25) is 18.8 Å². The highest BCUT2D eigenvalue weighted by Gasteiger charge is 2.38. The number of carbonyl (C=O) groups is 2. The number of nitrogens with one attached hydrogen (secondary N) is 2. The Bertz CT molecular complexity index is 599. The van der Waals surface area contributed by atoms with Gasteiger partial charge in [-0.1, -0.05) is 11.6 Å². The molecule has 0 aliphatic carbocycles. The van der Waals surface area contributed by atoms with Crippen LogP contribution in [-0.4, -0.2) is 48.5 Å². The quantitative estimate of drug-likeness (QED) is 0.422. The number of halogens is 1. The third kappa shape index (κ3) is 3.85. The van der Waals surface area contributed by atoms with Gasteiger partial charge in [0.05, 0.1) is 13.7 Å². The molecule has 1 fully saturated rings. The summed E-state index contributed by atoms with van der Waals surface area (Å²) in [6, 6.07) is 0. The molecule has 2 N–H and O–H groups in total. The van der Waals surface area contributed by atoms with Gasteiger partial charge < -0.3 is 14.8 Å². The standard InChI is InChI=1S/C12H16ClN5O5/c1-12(2)22-4-7(23-12)18(21-3)10-8(14-5-19)9(13)16-11(17-10)15-6-20/h5-7H,4H2,1-3H3,(H,14,19)(H,15,16,17,20)/t7-/m1/s1. The van der Waals surface area contributed by atoms with Gasteiger partial charge in [0.1, 0.15) is 5.69 Å². The van der Waals surface area contributed by atoms with Crippen LogP contribution in [0.1, 0.15) is 13.8 Å². The van der Waals surface area contributed by atoms with Crippen molar-refractivity contribution in [2.24, 2.45) is 0 Å². The first kappa shape index (κ1) is 17.3. The first-order valence-electron chi connectivity index (χ1n) is 6.55. The topological polar surface area (TPSA) is 115 Å². The molecular weight excluding hydrogens is 330 g/mol. The molecule has 11 heteroatoms. The van der Waals surface area contributed by atoms with Crippen molar-refractivity contribution in [1.82, 2.24) is 9.97 Å². The van der Waals surface area contributed by atoms with E-state index in [0.717, 1.165) is 0 Å². The molecule has 1 atom stereocenters. The Morgan fingerprint density at radius 3 is 2.57 bits per heavy atom. The van der Waals surface area contributed by atoms with Crippen molar-refractivity contribution in [3.05, 3.63) is 5.15 Å². The number of carbonyl (C=O) groups excluding carboxylic acids is 2. The van der Waals surface area contributed by atoms with E-state index in [2.05, 4.69) is 20.6 Å². The summed E-state index contributed by atoms with van der Waals surface area (Å²) in [5, 5.41) is 5.88. The Labute approximate surface area is 137 Å². The summed E-state index contributed by atoms with van der Waals surface area (Å²) in [4.78, 5) is 34.7. The molecule has 2 rings (SSSR count). The van der Waals surface area contributed by atoms with Crippen LogP contribution >= 0.6 is 11.6 Å². The molecule has 1 aliphatic rings. The Hall–Kier alpha value is -2.01. The maximum Gasteiger partial charge on any atom is 0.232 e. The summed E-state index contributed by atoms with van der Waals surface area (Å²) in [6.45, 7) is 3.69. The number of hydroxylamine groups is 1. The number of amides is 2. The van der Waals surface area contributed by atoms with Crippen molar-refractivity contribution in [1.29, 1.82) is 0 Å². The molecule has 0 unspecified atom stereocenters. The van der Waals surface area contributed by atoms with Gasteiger partial charge in [-0.15, -0.1) is 0 Å². The molecule has 1 aromatic heterocycles. The fourth-order valence-corrected chi connectivity index (χ4v) is 2.22. The maximum atomic E-state index is 10.8. The summed E-state index contributed by atoms with van der Waals surface area (Å²) in [6.07, 6.45) is 0.180. The average Bonchev–Trinajstić information content (AvgIpc) is 2.84. The van der Waals surface area contributed by atoms with E-state index >= 15 is 0 Å². The van der Waals surface area contributed by atoms with E-state index in [1.54, 1.807) is 13.8 Å². The van der Waals surface area contributed by atoms with Crippen LogP contribution in [0.3, 0.4) is 0 Å². The van der Waals surface area contributed by atoms with Crippen LogP contribution in [-0.2, 0) is 23.9 Å². The van der Waals surface area contributed by atoms with Gasteiger partial charge in [0.15, 0.2) is 23.0 Å². The fourth-order valence-electron chi connectivity index (χ4n) is 2.01. The number of rotatable bonds is 7. The van der Waals surface area contributed by atoms with Crippen LogP contribution in [0.15, 0.2) is 0 Å². The van der Waals surface area contributed by atoms with Crippen LogP contribution in [0, 0.1) is 0 Å². The number of ether oxygens (including phenoxy) is 2. The zero-order valence-corrected chi connectivity index (χ0v) is 13.5. The normalized spacial score (nSPS) is 19.2. The average molecular weight is 346 g/mol. The molecule has 0 bridgehead atoms. The molecule has 10 nitrogen and oxygen atoms in total.